The van der Waals surface area contributed by atoms with Crippen molar-refractivity contribution < 1.29 is 18.7 Å². The third-order valence-electron chi connectivity index (χ3n) is 4.54. The fourth-order valence-electron chi connectivity index (χ4n) is 3.08. The molecule has 0 saturated heterocycles. The monoisotopic (exact) mass is 393 g/mol. The second kappa shape index (κ2) is 8.73. The van der Waals surface area contributed by atoms with E-state index in [-0.39, 0.29) is 11.7 Å². The minimum atomic E-state index is -0.793. The van der Waals surface area contributed by atoms with E-state index < -0.39 is 11.7 Å². The van der Waals surface area contributed by atoms with Crippen LogP contribution < -0.4 is 15.7 Å². The summed E-state index contributed by atoms with van der Waals surface area (Å²) in [7, 11) is 0. The first kappa shape index (κ1) is 20.3. The minimum absolute atomic E-state index is 0.0782. The summed E-state index contributed by atoms with van der Waals surface area (Å²) in [6, 6.07) is 13.4. The molecule has 1 N–H and O–H groups in total. The van der Waals surface area contributed by atoms with E-state index >= 15 is 0 Å². The number of carbonyl (C=O) groups excluding carboxylic acids is 2. The van der Waals surface area contributed by atoms with Gasteiger partial charge in [0.15, 0.2) is 11.9 Å². The Morgan fingerprint density at radius 2 is 1.93 bits per heavy atom. The molecule has 0 radical (unpaired) electrons. The molecule has 0 bridgehead atoms. The molecule has 1 heterocycles. The fourth-order valence-corrected chi connectivity index (χ4v) is 3.08. The Bertz CT molecular complexity index is 1120. The molecule has 0 aliphatic heterocycles. The van der Waals surface area contributed by atoms with Crippen molar-refractivity contribution in [2.75, 3.05) is 5.32 Å². The lowest BCUT2D eigenvalue weighted by Crippen LogP contribution is -2.30. The molecule has 1 aromatic heterocycles. The fraction of sp³-hybridized carbons (Fsp3) is 0.261. The molecule has 1 atom stereocenters. The summed E-state index contributed by atoms with van der Waals surface area (Å²) >= 11 is 0. The number of ether oxygens (including phenoxy) is 1. The number of fused-ring (bicyclic) bond motifs is 1. The second-order valence-electron chi connectivity index (χ2n) is 6.88. The van der Waals surface area contributed by atoms with Gasteiger partial charge >= 0.3 is 5.63 Å². The van der Waals surface area contributed by atoms with E-state index in [2.05, 4.69) is 5.32 Å². The maximum Gasteiger partial charge on any atom is 0.336 e. The summed E-state index contributed by atoms with van der Waals surface area (Å²) < 4.78 is 11.0. The van der Waals surface area contributed by atoms with Crippen molar-refractivity contribution in [3.8, 4) is 5.75 Å². The number of hydrogen-bond acceptors (Lipinski definition) is 5. The number of amides is 1. The number of ketones is 1. The molecule has 2 aromatic carbocycles. The number of benzene rings is 2. The lowest BCUT2D eigenvalue weighted by molar-refractivity contribution is -0.122. The maximum atomic E-state index is 12.5. The number of carbonyl (C=O) groups is 2. The number of hydrogen-bond donors (Lipinski definition) is 1. The Balaban J connectivity index is 1.76. The summed E-state index contributed by atoms with van der Waals surface area (Å²) in [5.74, 6) is -0.00748. The molecular formula is C23H23NO5. The van der Waals surface area contributed by atoms with Crippen molar-refractivity contribution in [1.82, 2.24) is 0 Å². The standard InChI is InChI=1S/C23H23NO5/c1-4-6-17-12-22(26)29-21-13-19(9-10-20(17)21)28-15(3)23(27)24-18-8-5-7-16(11-18)14(2)25/h5,7-13,15H,4,6H2,1-3H3,(H,24,27)/t15-/m0/s1. The smallest absolute Gasteiger partial charge is 0.336 e. The number of nitrogens with one attached hydrogen (secondary N) is 1. The largest absolute Gasteiger partial charge is 0.481 e. The van der Waals surface area contributed by atoms with Crippen LogP contribution in [0.5, 0.6) is 5.75 Å². The van der Waals surface area contributed by atoms with Gasteiger partial charge in [-0.25, -0.2) is 4.79 Å². The second-order valence-corrected chi connectivity index (χ2v) is 6.88. The highest BCUT2D eigenvalue weighted by molar-refractivity contribution is 5.98. The highest BCUT2D eigenvalue weighted by Crippen LogP contribution is 2.24. The van der Waals surface area contributed by atoms with Gasteiger partial charge in [-0.2, -0.15) is 0 Å². The lowest BCUT2D eigenvalue weighted by atomic mass is 10.1. The highest BCUT2D eigenvalue weighted by Gasteiger charge is 2.16. The quantitative estimate of drug-likeness (QED) is 0.476. The van der Waals surface area contributed by atoms with E-state index in [0.29, 0.717) is 22.6 Å². The average molecular weight is 393 g/mol. The topological polar surface area (TPSA) is 85.6 Å². The van der Waals surface area contributed by atoms with Gasteiger partial charge in [0.2, 0.25) is 0 Å². The summed E-state index contributed by atoms with van der Waals surface area (Å²) in [4.78, 5) is 35.8. The van der Waals surface area contributed by atoms with Gasteiger partial charge in [0, 0.05) is 28.8 Å². The Morgan fingerprint density at radius 3 is 2.66 bits per heavy atom. The summed E-state index contributed by atoms with van der Waals surface area (Å²) in [6.07, 6.45) is 0.901. The summed E-state index contributed by atoms with van der Waals surface area (Å²) in [6.45, 7) is 5.14. The lowest BCUT2D eigenvalue weighted by Gasteiger charge is -2.15. The number of anilines is 1. The van der Waals surface area contributed by atoms with E-state index in [9.17, 15) is 14.4 Å². The third-order valence-corrected chi connectivity index (χ3v) is 4.54. The molecule has 3 rings (SSSR count). The van der Waals surface area contributed by atoms with Crippen LogP contribution in [-0.2, 0) is 11.2 Å². The number of Topliss-reactive ketones (excluding diaryl/α,β-unsaturated/α-hetero) is 1. The van der Waals surface area contributed by atoms with E-state index in [1.54, 1.807) is 43.3 Å². The van der Waals surface area contributed by atoms with E-state index in [1.165, 1.54) is 13.0 Å². The average Bonchev–Trinajstić information content (AvgIpc) is 2.68. The predicted octanol–water partition coefficient (Wildman–Crippen LogP) is 4.35. The SMILES string of the molecule is CCCc1cc(=O)oc2cc(O[C@@H](C)C(=O)Nc3cccc(C(C)=O)c3)ccc12. The molecule has 0 spiro atoms. The van der Waals surface area contributed by atoms with Crippen LogP contribution in [0, 0.1) is 0 Å². The zero-order chi connectivity index (χ0) is 21.0. The van der Waals surface area contributed by atoms with Gasteiger partial charge in [-0.3, -0.25) is 9.59 Å². The van der Waals surface area contributed by atoms with E-state index in [1.807, 2.05) is 13.0 Å². The Morgan fingerprint density at radius 1 is 1.14 bits per heavy atom. The van der Waals surface area contributed by atoms with Gasteiger partial charge in [0.05, 0.1) is 0 Å². The molecule has 29 heavy (non-hydrogen) atoms. The Hall–Kier alpha value is -3.41. The molecule has 3 aromatic rings. The van der Waals surface area contributed by atoms with Crippen LogP contribution in [0.2, 0.25) is 0 Å². The van der Waals surface area contributed by atoms with Gasteiger partial charge in [-0.05, 0) is 50.1 Å². The molecule has 0 unspecified atom stereocenters. The van der Waals surface area contributed by atoms with E-state index in [0.717, 1.165) is 23.8 Å². The summed E-state index contributed by atoms with van der Waals surface area (Å²) in [5.41, 5.74) is 1.99. The molecule has 150 valence electrons. The molecule has 0 aliphatic rings. The van der Waals surface area contributed by atoms with Crippen LogP contribution in [0.25, 0.3) is 11.0 Å². The van der Waals surface area contributed by atoms with Gasteiger partial charge < -0.3 is 14.5 Å². The zero-order valence-electron chi connectivity index (χ0n) is 16.7. The van der Waals surface area contributed by atoms with Crippen LogP contribution in [0.3, 0.4) is 0 Å². The van der Waals surface area contributed by atoms with E-state index in [4.69, 9.17) is 9.15 Å². The minimum Gasteiger partial charge on any atom is -0.481 e. The zero-order valence-corrected chi connectivity index (χ0v) is 16.7. The van der Waals surface area contributed by atoms with Crippen molar-refractivity contribution >= 4 is 28.3 Å². The van der Waals surface area contributed by atoms with Gasteiger partial charge in [0.25, 0.3) is 5.91 Å². The van der Waals surface area contributed by atoms with Crippen molar-refractivity contribution in [2.24, 2.45) is 0 Å². The van der Waals surface area contributed by atoms with Crippen molar-refractivity contribution in [3.05, 3.63) is 70.1 Å². The van der Waals surface area contributed by atoms with Crippen molar-refractivity contribution in [1.29, 1.82) is 0 Å². The normalized spacial score (nSPS) is 11.8. The van der Waals surface area contributed by atoms with Gasteiger partial charge in [-0.1, -0.05) is 25.5 Å². The van der Waals surface area contributed by atoms with Crippen molar-refractivity contribution in [3.63, 3.8) is 0 Å². The molecule has 0 saturated carbocycles. The molecule has 0 fully saturated rings. The van der Waals surface area contributed by atoms with Crippen LogP contribution >= 0.6 is 0 Å². The first-order valence-corrected chi connectivity index (χ1v) is 9.52. The molecule has 1 amide bonds. The predicted molar refractivity (Wildman–Crippen MR) is 112 cm³/mol. The van der Waals surface area contributed by atoms with Crippen LogP contribution in [0.4, 0.5) is 5.69 Å². The first-order valence-electron chi connectivity index (χ1n) is 9.52. The maximum absolute atomic E-state index is 12.5. The van der Waals surface area contributed by atoms with Crippen molar-refractivity contribution in [2.45, 2.75) is 39.7 Å². The third kappa shape index (κ3) is 4.90. The highest BCUT2D eigenvalue weighted by atomic mass is 16.5. The first-order chi connectivity index (χ1) is 13.9. The molecule has 0 aliphatic carbocycles. The van der Waals surface area contributed by atoms with Gasteiger partial charge in [-0.15, -0.1) is 0 Å². The van der Waals surface area contributed by atoms with Crippen LogP contribution in [0.1, 0.15) is 43.1 Å². The van der Waals surface area contributed by atoms with Crippen LogP contribution in [-0.4, -0.2) is 17.8 Å². The molecule has 6 nitrogen and oxygen atoms in total. The number of rotatable bonds is 7. The Kier molecular flexibility index (Phi) is 6.12. The summed E-state index contributed by atoms with van der Waals surface area (Å²) in [5, 5.41) is 3.60. The Labute approximate surface area is 168 Å². The molecular weight excluding hydrogens is 370 g/mol. The number of aryl methyl sites for hydroxylation is 1. The molecule has 6 heteroatoms. The van der Waals surface area contributed by atoms with Gasteiger partial charge in [0.1, 0.15) is 11.3 Å². The van der Waals surface area contributed by atoms with Crippen LogP contribution in [0.15, 0.2) is 57.7 Å².